The van der Waals surface area contributed by atoms with Crippen LogP contribution in [0.2, 0.25) is 0 Å². The van der Waals surface area contributed by atoms with E-state index in [1.807, 2.05) is 43.3 Å². The Hall–Kier alpha value is -1.68. The lowest BCUT2D eigenvalue weighted by Crippen LogP contribution is -1.97. The van der Waals surface area contributed by atoms with Gasteiger partial charge in [-0.3, -0.25) is 0 Å². The molecule has 0 unspecified atom stereocenters. The summed E-state index contributed by atoms with van der Waals surface area (Å²) < 4.78 is 6.25. The maximum absolute atomic E-state index is 5.93. The summed E-state index contributed by atoms with van der Waals surface area (Å²) in [6.45, 7) is 2.05. The number of anilines is 3. The zero-order chi connectivity index (χ0) is 13.1. The van der Waals surface area contributed by atoms with Crippen molar-refractivity contribution in [3.05, 3.63) is 46.4 Å². The van der Waals surface area contributed by atoms with E-state index in [1.54, 1.807) is 7.11 Å². The minimum absolute atomic E-state index is 0.687. The Morgan fingerprint density at radius 2 is 1.94 bits per heavy atom. The van der Waals surface area contributed by atoms with Gasteiger partial charge in [-0.1, -0.05) is 22.0 Å². The summed E-state index contributed by atoms with van der Waals surface area (Å²) in [6, 6.07) is 11.6. The third-order valence-corrected chi connectivity index (χ3v) is 3.57. The number of hydrogen-bond acceptors (Lipinski definition) is 3. The lowest BCUT2D eigenvalue weighted by Gasteiger charge is -2.12. The number of rotatable bonds is 3. The van der Waals surface area contributed by atoms with Gasteiger partial charge in [0, 0.05) is 16.2 Å². The number of halogens is 1. The van der Waals surface area contributed by atoms with Crippen LogP contribution < -0.4 is 15.8 Å². The van der Waals surface area contributed by atoms with Crippen LogP contribution in [0.5, 0.6) is 5.75 Å². The zero-order valence-electron chi connectivity index (χ0n) is 10.3. The van der Waals surface area contributed by atoms with E-state index in [9.17, 15) is 0 Å². The van der Waals surface area contributed by atoms with Gasteiger partial charge in [0.1, 0.15) is 5.75 Å². The maximum Gasteiger partial charge on any atom is 0.121 e. The zero-order valence-corrected chi connectivity index (χ0v) is 11.9. The first-order chi connectivity index (χ1) is 8.60. The molecular formula is C14H15BrN2O. The van der Waals surface area contributed by atoms with Crippen molar-refractivity contribution in [3.63, 3.8) is 0 Å². The van der Waals surface area contributed by atoms with E-state index in [0.29, 0.717) is 5.69 Å². The van der Waals surface area contributed by atoms with Crippen molar-refractivity contribution >= 4 is 33.0 Å². The van der Waals surface area contributed by atoms with Crippen LogP contribution in [0.25, 0.3) is 0 Å². The van der Waals surface area contributed by atoms with Crippen molar-refractivity contribution in [2.24, 2.45) is 0 Å². The molecule has 0 amide bonds. The molecule has 3 nitrogen and oxygen atoms in total. The highest BCUT2D eigenvalue weighted by atomic mass is 79.9. The summed E-state index contributed by atoms with van der Waals surface area (Å²) in [5.74, 6) is 0.776. The molecule has 0 atom stereocenters. The van der Waals surface area contributed by atoms with E-state index in [4.69, 9.17) is 10.5 Å². The second kappa shape index (κ2) is 5.31. The van der Waals surface area contributed by atoms with Crippen LogP contribution in [0.4, 0.5) is 17.1 Å². The van der Waals surface area contributed by atoms with Crippen LogP contribution >= 0.6 is 15.9 Å². The highest BCUT2D eigenvalue weighted by molar-refractivity contribution is 9.10. The SMILES string of the molecule is COc1ccc(N)c(Nc2ccc(C)c(Br)c2)c1. The topological polar surface area (TPSA) is 47.3 Å². The number of nitrogen functional groups attached to an aromatic ring is 1. The Balaban J connectivity index is 2.30. The Kier molecular flexibility index (Phi) is 3.77. The third kappa shape index (κ3) is 2.76. The molecular weight excluding hydrogens is 292 g/mol. The highest BCUT2D eigenvalue weighted by Crippen LogP contribution is 2.29. The molecule has 0 aromatic heterocycles. The average molecular weight is 307 g/mol. The normalized spacial score (nSPS) is 10.2. The molecule has 3 N–H and O–H groups in total. The first-order valence-electron chi connectivity index (χ1n) is 5.57. The van der Waals surface area contributed by atoms with Crippen LogP contribution in [0, 0.1) is 6.92 Å². The van der Waals surface area contributed by atoms with Gasteiger partial charge >= 0.3 is 0 Å². The first-order valence-corrected chi connectivity index (χ1v) is 6.36. The molecule has 2 rings (SSSR count). The van der Waals surface area contributed by atoms with Crippen molar-refractivity contribution in [2.45, 2.75) is 6.92 Å². The van der Waals surface area contributed by atoms with Gasteiger partial charge in [0.15, 0.2) is 0 Å². The molecule has 0 bridgehead atoms. The molecule has 0 spiro atoms. The van der Waals surface area contributed by atoms with Crippen molar-refractivity contribution in [3.8, 4) is 5.75 Å². The number of aryl methyl sites for hydroxylation is 1. The molecule has 0 radical (unpaired) electrons. The molecule has 0 aliphatic heterocycles. The minimum atomic E-state index is 0.687. The summed E-state index contributed by atoms with van der Waals surface area (Å²) in [5, 5.41) is 3.28. The molecule has 4 heteroatoms. The second-order valence-electron chi connectivity index (χ2n) is 4.04. The van der Waals surface area contributed by atoms with E-state index in [2.05, 4.69) is 21.2 Å². The standard InChI is InChI=1S/C14H15BrN2O/c1-9-3-4-10(7-12(9)15)17-14-8-11(18-2)5-6-13(14)16/h3-8,17H,16H2,1-2H3. The molecule has 0 saturated heterocycles. The Morgan fingerprint density at radius 1 is 1.17 bits per heavy atom. The van der Waals surface area contributed by atoms with Crippen molar-refractivity contribution in [1.82, 2.24) is 0 Å². The molecule has 0 heterocycles. The van der Waals surface area contributed by atoms with Gasteiger partial charge in [-0.25, -0.2) is 0 Å². The van der Waals surface area contributed by atoms with Gasteiger partial charge in [-0.15, -0.1) is 0 Å². The van der Waals surface area contributed by atoms with E-state index in [0.717, 1.165) is 21.6 Å². The predicted molar refractivity (Wildman–Crippen MR) is 79.6 cm³/mol. The predicted octanol–water partition coefficient (Wildman–Crippen LogP) is 4.09. The molecule has 0 aliphatic rings. The summed E-state index contributed by atoms with van der Waals surface area (Å²) in [7, 11) is 1.64. The monoisotopic (exact) mass is 306 g/mol. The molecule has 18 heavy (non-hydrogen) atoms. The molecule has 0 fully saturated rings. The van der Waals surface area contributed by atoms with Gasteiger partial charge in [0.05, 0.1) is 18.5 Å². The largest absolute Gasteiger partial charge is 0.497 e. The van der Waals surface area contributed by atoms with Crippen LogP contribution in [-0.2, 0) is 0 Å². The number of nitrogens with two attached hydrogens (primary N) is 1. The Bertz CT molecular complexity index is 570. The Morgan fingerprint density at radius 3 is 2.61 bits per heavy atom. The molecule has 0 saturated carbocycles. The molecule has 0 aliphatic carbocycles. The molecule has 94 valence electrons. The minimum Gasteiger partial charge on any atom is -0.497 e. The summed E-state index contributed by atoms with van der Waals surface area (Å²) in [4.78, 5) is 0. The van der Waals surface area contributed by atoms with E-state index >= 15 is 0 Å². The number of benzene rings is 2. The smallest absolute Gasteiger partial charge is 0.121 e. The fraction of sp³-hybridized carbons (Fsp3) is 0.143. The number of methoxy groups -OCH3 is 1. The fourth-order valence-corrected chi connectivity index (χ4v) is 1.98. The lowest BCUT2D eigenvalue weighted by atomic mass is 10.2. The van der Waals surface area contributed by atoms with E-state index in [-0.39, 0.29) is 0 Å². The Labute approximate surface area is 115 Å². The van der Waals surface area contributed by atoms with E-state index < -0.39 is 0 Å². The number of ether oxygens (including phenoxy) is 1. The molecule has 2 aromatic carbocycles. The van der Waals surface area contributed by atoms with Gasteiger partial charge in [0.25, 0.3) is 0 Å². The van der Waals surface area contributed by atoms with Crippen molar-refractivity contribution in [2.75, 3.05) is 18.2 Å². The maximum atomic E-state index is 5.93. The van der Waals surface area contributed by atoms with Crippen LogP contribution in [0.1, 0.15) is 5.56 Å². The average Bonchev–Trinajstić information content (AvgIpc) is 2.36. The number of nitrogens with one attached hydrogen (secondary N) is 1. The van der Waals surface area contributed by atoms with Crippen LogP contribution in [-0.4, -0.2) is 7.11 Å². The lowest BCUT2D eigenvalue weighted by molar-refractivity contribution is 0.415. The summed E-state index contributed by atoms with van der Waals surface area (Å²) in [6.07, 6.45) is 0. The first kappa shape index (κ1) is 12.8. The molecule has 2 aromatic rings. The summed E-state index contributed by atoms with van der Waals surface area (Å²) >= 11 is 3.51. The quantitative estimate of drug-likeness (QED) is 0.840. The third-order valence-electron chi connectivity index (χ3n) is 2.71. The van der Waals surface area contributed by atoms with Gasteiger partial charge in [-0.05, 0) is 36.8 Å². The van der Waals surface area contributed by atoms with Crippen LogP contribution in [0.3, 0.4) is 0 Å². The van der Waals surface area contributed by atoms with E-state index in [1.165, 1.54) is 5.56 Å². The highest BCUT2D eigenvalue weighted by Gasteiger charge is 2.03. The van der Waals surface area contributed by atoms with Gasteiger partial charge in [-0.2, -0.15) is 0 Å². The van der Waals surface area contributed by atoms with Gasteiger partial charge in [0.2, 0.25) is 0 Å². The second-order valence-corrected chi connectivity index (χ2v) is 4.90. The van der Waals surface area contributed by atoms with Gasteiger partial charge < -0.3 is 15.8 Å². The summed E-state index contributed by atoms with van der Waals surface area (Å²) in [5.41, 5.74) is 9.63. The van der Waals surface area contributed by atoms with Crippen molar-refractivity contribution in [1.29, 1.82) is 0 Å². The van der Waals surface area contributed by atoms with Crippen LogP contribution in [0.15, 0.2) is 40.9 Å². The number of hydrogen-bond donors (Lipinski definition) is 2. The fourth-order valence-electron chi connectivity index (χ4n) is 1.60. The van der Waals surface area contributed by atoms with Crippen molar-refractivity contribution < 1.29 is 4.74 Å².